The van der Waals surface area contributed by atoms with Crippen LogP contribution in [0, 0.1) is 11.8 Å². The van der Waals surface area contributed by atoms with Crippen LogP contribution in [0.2, 0.25) is 0 Å². The lowest BCUT2D eigenvalue weighted by Gasteiger charge is -2.17. The van der Waals surface area contributed by atoms with Gasteiger partial charge >= 0.3 is 5.97 Å². The van der Waals surface area contributed by atoms with Crippen LogP contribution in [0.4, 0.5) is 0 Å². The second-order valence-electron chi connectivity index (χ2n) is 6.22. The number of Topliss-reactive ketones (excluding diaryl/α,β-unsaturated/α-hetero) is 2. The maximum atomic E-state index is 12.2. The van der Waals surface area contributed by atoms with E-state index in [9.17, 15) is 14.4 Å². The summed E-state index contributed by atoms with van der Waals surface area (Å²) in [6.07, 6.45) is 6.27. The quantitative estimate of drug-likeness (QED) is 0.640. The van der Waals surface area contributed by atoms with Crippen LogP contribution in [0.1, 0.15) is 64.7 Å². The molecular weight excluding hydrogens is 256 g/mol. The van der Waals surface area contributed by atoms with Crippen LogP contribution in [-0.2, 0) is 19.1 Å². The molecule has 0 amide bonds. The van der Waals surface area contributed by atoms with Crippen molar-refractivity contribution in [3.8, 4) is 0 Å². The van der Waals surface area contributed by atoms with Crippen molar-refractivity contribution in [2.45, 2.75) is 70.8 Å². The molecule has 1 saturated carbocycles. The van der Waals surface area contributed by atoms with Crippen LogP contribution in [0.5, 0.6) is 0 Å². The van der Waals surface area contributed by atoms with Crippen molar-refractivity contribution in [1.29, 1.82) is 0 Å². The van der Waals surface area contributed by atoms with E-state index >= 15 is 0 Å². The Morgan fingerprint density at radius 2 is 1.70 bits per heavy atom. The predicted molar refractivity (Wildman–Crippen MR) is 74.1 cm³/mol. The summed E-state index contributed by atoms with van der Waals surface area (Å²) < 4.78 is 5.29. The molecule has 20 heavy (non-hydrogen) atoms. The van der Waals surface area contributed by atoms with Gasteiger partial charge in [0, 0.05) is 25.2 Å². The van der Waals surface area contributed by atoms with Gasteiger partial charge in [-0.1, -0.05) is 12.8 Å². The Labute approximate surface area is 120 Å². The van der Waals surface area contributed by atoms with Gasteiger partial charge in [0.05, 0.1) is 12.5 Å². The molecule has 0 bridgehead atoms. The summed E-state index contributed by atoms with van der Waals surface area (Å²) in [6, 6.07) is 0. The minimum atomic E-state index is -0.286. The summed E-state index contributed by atoms with van der Waals surface area (Å²) in [5.41, 5.74) is 0. The van der Waals surface area contributed by atoms with Gasteiger partial charge in [0.1, 0.15) is 11.6 Å². The third-order valence-electron chi connectivity index (χ3n) is 4.51. The van der Waals surface area contributed by atoms with E-state index in [4.69, 9.17) is 4.74 Å². The molecule has 2 aliphatic rings. The van der Waals surface area contributed by atoms with E-state index < -0.39 is 0 Å². The van der Waals surface area contributed by atoms with Crippen LogP contribution >= 0.6 is 0 Å². The number of fused-ring (bicyclic) bond motifs is 1. The first-order valence-corrected chi connectivity index (χ1v) is 7.80. The van der Waals surface area contributed by atoms with E-state index in [1.807, 2.05) is 6.92 Å². The van der Waals surface area contributed by atoms with Crippen LogP contribution in [-0.4, -0.2) is 23.6 Å². The minimum Gasteiger partial charge on any atom is -0.463 e. The van der Waals surface area contributed by atoms with Gasteiger partial charge in [-0.05, 0) is 32.1 Å². The third-order valence-corrected chi connectivity index (χ3v) is 4.51. The molecule has 0 aromatic carbocycles. The normalized spacial score (nSPS) is 33.6. The van der Waals surface area contributed by atoms with Crippen LogP contribution in [0.3, 0.4) is 0 Å². The molecule has 112 valence electrons. The minimum absolute atomic E-state index is 0.0561. The fraction of sp³-hybridized carbons (Fsp3) is 0.812. The van der Waals surface area contributed by atoms with Gasteiger partial charge in [0.15, 0.2) is 0 Å². The summed E-state index contributed by atoms with van der Waals surface area (Å²) in [5, 5.41) is 0. The zero-order chi connectivity index (χ0) is 14.5. The summed E-state index contributed by atoms with van der Waals surface area (Å²) in [4.78, 5) is 35.5. The molecule has 3 atom stereocenters. The lowest BCUT2D eigenvalue weighted by atomic mass is 9.86. The molecule has 1 aliphatic carbocycles. The molecule has 2 rings (SSSR count). The fourth-order valence-electron chi connectivity index (χ4n) is 3.38. The van der Waals surface area contributed by atoms with Crippen molar-refractivity contribution in [3.05, 3.63) is 0 Å². The predicted octanol–water partition coefficient (Wildman–Crippen LogP) is 2.83. The number of ketones is 2. The summed E-state index contributed by atoms with van der Waals surface area (Å²) in [7, 11) is 0. The second kappa shape index (κ2) is 7.00. The van der Waals surface area contributed by atoms with E-state index in [1.165, 1.54) is 0 Å². The van der Waals surface area contributed by atoms with Crippen molar-refractivity contribution in [2.24, 2.45) is 11.8 Å². The first kappa shape index (κ1) is 15.2. The van der Waals surface area contributed by atoms with Crippen molar-refractivity contribution < 1.29 is 19.1 Å². The summed E-state index contributed by atoms with van der Waals surface area (Å²) in [6.45, 7) is 1.91. The van der Waals surface area contributed by atoms with E-state index in [1.54, 1.807) is 0 Å². The van der Waals surface area contributed by atoms with Crippen LogP contribution < -0.4 is 0 Å². The molecule has 0 radical (unpaired) electrons. The van der Waals surface area contributed by atoms with Crippen LogP contribution in [0.25, 0.3) is 0 Å². The monoisotopic (exact) mass is 280 g/mol. The maximum absolute atomic E-state index is 12.2. The topological polar surface area (TPSA) is 60.4 Å². The molecule has 1 saturated heterocycles. The smallest absolute Gasteiger partial charge is 0.306 e. The summed E-state index contributed by atoms with van der Waals surface area (Å²) in [5.74, 6) is 0.0602. The Kier molecular flexibility index (Phi) is 5.32. The van der Waals surface area contributed by atoms with Gasteiger partial charge in [-0.2, -0.15) is 0 Å². The number of esters is 1. The molecule has 1 heterocycles. The van der Waals surface area contributed by atoms with Crippen LogP contribution in [0.15, 0.2) is 0 Å². The van der Waals surface area contributed by atoms with E-state index in [0.29, 0.717) is 12.8 Å². The maximum Gasteiger partial charge on any atom is 0.306 e. The van der Waals surface area contributed by atoms with Gasteiger partial charge < -0.3 is 4.74 Å². The van der Waals surface area contributed by atoms with Gasteiger partial charge in [-0.25, -0.2) is 0 Å². The zero-order valence-corrected chi connectivity index (χ0v) is 12.2. The standard InChI is InChI=1S/C16H24O4/c1-11-5-3-2-4-6-12-9-13(17)10-14(12)15(18)7-8-16(19)20-11/h11-12,14H,2-10H2,1H3/t11-,12+,14+/m0/s1. The molecule has 0 N–H and O–H groups in total. The number of ether oxygens (including phenoxy) is 1. The molecule has 0 aromatic heterocycles. The Bertz CT molecular complexity index is 388. The number of hydrogen-bond acceptors (Lipinski definition) is 4. The SMILES string of the molecule is C[C@H]1CCCCC[C@@H]2CC(=O)C[C@H]2C(=O)CCC(=O)O1. The number of hydrogen-bond donors (Lipinski definition) is 0. The molecule has 2 fully saturated rings. The van der Waals surface area contributed by atoms with Crippen molar-refractivity contribution in [2.75, 3.05) is 0 Å². The third kappa shape index (κ3) is 4.15. The van der Waals surface area contributed by atoms with E-state index in [-0.39, 0.29) is 48.3 Å². The molecule has 1 aliphatic heterocycles. The highest BCUT2D eigenvalue weighted by Gasteiger charge is 2.37. The van der Waals surface area contributed by atoms with E-state index in [0.717, 1.165) is 32.1 Å². The highest BCUT2D eigenvalue weighted by Crippen LogP contribution is 2.35. The van der Waals surface area contributed by atoms with Gasteiger partial charge in [0.25, 0.3) is 0 Å². The molecule has 4 heteroatoms. The zero-order valence-electron chi connectivity index (χ0n) is 12.2. The summed E-state index contributed by atoms with van der Waals surface area (Å²) >= 11 is 0. The average Bonchev–Trinajstić information content (AvgIpc) is 2.76. The van der Waals surface area contributed by atoms with Gasteiger partial charge in [-0.3, -0.25) is 14.4 Å². The van der Waals surface area contributed by atoms with Crippen molar-refractivity contribution >= 4 is 17.5 Å². The number of cyclic esters (lactones) is 1. The van der Waals surface area contributed by atoms with Crippen molar-refractivity contribution in [1.82, 2.24) is 0 Å². The number of rotatable bonds is 0. The van der Waals surface area contributed by atoms with Crippen molar-refractivity contribution in [3.63, 3.8) is 0 Å². The lowest BCUT2D eigenvalue weighted by molar-refractivity contribution is -0.149. The fourth-order valence-corrected chi connectivity index (χ4v) is 3.38. The Morgan fingerprint density at radius 3 is 2.50 bits per heavy atom. The Morgan fingerprint density at radius 1 is 0.950 bits per heavy atom. The molecule has 0 spiro atoms. The van der Waals surface area contributed by atoms with Gasteiger partial charge in [0.2, 0.25) is 0 Å². The number of carbonyl (C=O) groups is 3. The first-order valence-electron chi connectivity index (χ1n) is 7.80. The molecule has 4 nitrogen and oxygen atoms in total. The second-order valence-corrected chi connectivity index (χ2v) is 6.22. The Hall–Kier alpha value is -1.19. The van der Waals surface area contributed by atoms with E-state index in [2.05, 4.69) is 0 Å². The molecule has 0 aromatic rings. The Balaban J connectivity index is 2.00. The van der Waals surface area contributed by atoms with Gasteiger partial charge in [-0.15, -0.1) is 0 Å². The number of carbonyl (C=O) groups excluding carboxylic acids is 3. The highest BCUT2D eigenvalue weighted by atomic mass is 16.5. The lowest BCUT2D eigenvalue weighted by Crippen LogP contribution is -2.21. The first-order chi connectivity index (χ1) is 9.56. The largest absolute Gasteiger partial charge is 0.463 e. The highest BCUT2D eigenvalue weighted by molar-refractivity contribution is 5.92. The molecule has 0 unspecified atom stereocenters. The average molecular weight is 280 g/mol. The molecular formula is C16H24O4.